The Labute approximate surface area is 99.7 Å². The van der Waals surface area contributed by atoms with Crippen molar-refractivity contribution in [2.75, 3.05) is 31.7 Å². The lowest BCUT2D eigenvalue weighted by Gasteiger charge is -2.06. The zero-order valence-corrected chi connectivity index (χ0v) is 10.5. The van der Waals surface area contributed by atoms with Gasteiger partial charge in [-0.05, 0) is 25.1 Å². The second kappa shape index (κ2) is 8.30. The molecule has 0 aliphatic carbocycles. The van der Waals surface area contributed by atoms with Crippen molar-refractivity contribution >= 4 is 10.8 Å². The molecule has 1 atom stereocenters. The highest BCUT2D eigenvalue weighted by atomic mass is 32.2. The summed E-state index contributed by atoms with van der Waals surface area (Å²) in [4.78, 5) is 0. The number of para-hydroxylation sites is 1. The third-order valence-electron chi connectivity index (χ3n) is 2.08. The molecule has 90 valence electrons. The molecule has 1 rings (SSSR count). The van der Waals surface area contributed by atoms with Crippen molar-refractivity contribution in [1.29, 1.82) is 0 Å². The highest BCUT2D eigenvalue weighted by molar-refractivity contribution is 7.84. The van der Waals surface area contributed by atoms with Crippen LogP contribution in [0.25, 0.3) is 0 Å². The van der Waals surface area contributed by atoms with Gasteiger partial charge in [0.15, 0.2) is 0 Å². The first-order valence-electron chi connectivity index (χ1n) is 5.47. The average molecular weight is 241 g/mol. The van der Waals surface area contributed by atoms with E-state index in [0.717, 1.165) is 31.0 Å². The van der Waals surface area contributed by atoms with E-state index in [1.54, 1.807) is 6.26 Å². The van der Waals surface area contributed by atoms with E-state index in [0.29, 0.717) is 6.61 Å². The molecule has 0 aliphatic heterocycles. The molecule has 0 saturated heterocycles. The fraction of sp³-hybridized carbons (Fsp3) is 0.500. The van der Waals surface area contributed by atoms with Gasteiger partial charge < -0.3 is 10.1 Å². The van der Waals surface area contributed by atoms with E-state index in [2.05, 4.69) is 5.32 Å². The maximum absolute atomic E-state index is 10.8. The van der Waals surface area contributed by atoms with Gasteiger partial charge in [-0.3, -0.25) is 4.21 Å². The maximum Gasteiger partial charge on any atom is 0.119 e. The van der Waals surface area contributed by atoms with E-state index in [1.165, 1.54) is 0 Å². The zero-order valence-electron chi connectivity index (χ0n) is 9.65. The number of nitrogens with one attached hydrogen (secondary N) is 1. The minimum absolute atomic E-state index is 0.666. The van der Waals surface area contributed by atoms with Crippen molar-refractivity contribution in [3.8, 4) is 5.75 Å². The Bertz CT molecular complexity index is 303. The summed E-state index contributed by atoms with van der Waals surface area (Å²) in [5, 5.41) is 3.25. The molecule has 0 heterocycles. The topological polar surface area (TPSA) is 38.3 Å². The first-order valence-corrected chi connectivity index (χ1v) is 7.20. The number of hydrogen-bond acceptors (Lipinski definition) is 3. The van der Waals surface area contributed by atoms with Crippen LogP contribution in [0.15, 0.2) is 30.3 Å². The second-order valence-electron chi connectivity index (χ2n) is 3.54. The molecule has 4 heteroatoms. The van der Waals surface area contributed by atoms with Crippen LogP contribution in [0.1, 0.15) is 6.42 Å². The molecule has 0 amide bonds. The standard InChI is InChI=1S/C12H19NO2S/c1-16(14)11-5-8-13-9-10-15-12-6-3-2-4-7-12/h2-4,6-7,13H,5,8-11H2,1H3. The molecule has 1 aromatic rings. The summed E-state index contributed by atoms with van der Waals surface area (Å²) in [6.07, 6.45) is 2.69. The highest BCUT2D eigenvalue weighted by Crippen LogP contribution is 2.07. The predicted molar refractivity (Wildman–Crippen MR) is 68.4 cm³/mol. The molecule has 1 aromatic carbocycles. The molecule has 0 fully saturated rings. The van der Waals surface area contributed by atoms with Crippen molar-refractivity contribution in [2.24, 2.45) is 0 Å². The van der Waals surface area contributed by atoms with Gasteiger partial charge in [0, 0.05) is 29.4 Å². The summed E-state index contributed by atoms with van der Waals surface area (Å²) in [7, 11) is -0.674. The van der Waals surface area contributed by atoms with E-state index < -0.39 is 10.8 Å². The van der Waals surface area contributed by atoms with Crippen LogP contribution in [0, 0.1) is 0 Å². The summed E-state index contributed by atoms with van der Waals surface area (Å²) in [5.74, 6) is 1.67. The lowest BCUT2D eigenvalue weighted by atomic mass is 10.3. The van der Waals surface area contributed by atoms with Crippen molar-refractivity contribution < 1.29 is 8.95 Å². The van der Waals surface area contributed by atoms with Crippen molar-refractivity contribution in [1.82, 2.24) is 5.32 Å². The molecule has 16 heavy (non-hydrogen) atoms. The van der Waals surface area contributed by atoms with Crippen LogP contribution < -0.4 is 10.1 Å². The molecule has 0 spiro atoms. The minimum atomic E-state index is -0.674. The van der Waals surface area contributed by atoms with Gasteiger partial charge >= 0.3 is 0 Å². The van der Waals surface area contributed by atoms with Crippen LogP contribution in [-0.4, -0.2) is 35.9 Å². The first-order chi connectivity index (χ1) is 7.79. The summed E-state index contributed by atoms with van der Waals surface area (Å²) < 4.78 is 16.3. The van der Waals surface area contributed by atoms with Gasteiger partial charge in [-0.25, -0.2) is 0 Å². The van der Waals surface area contributed by atoms with Crippen molar-refractivity contribution in [3.63, 3.8) is 0 Å². The molecule has 0 saturated carbocycles. The molecule has 1 N–H and O–H groups in total. The van der Waals surface area contributed by atoms with Crippen LogP contribution in [0.2, 0.25) is 0 Å². The molecule has 0 aromatic heterocycles. The van der Waals surface area contributed by atoms with Gasteiger partial charge in [0.1, 0.15) is 12.4 Å². The third-order valence-corrected chi connectivity index (χ3v) is 2.94. The molecular formula is C12H19NO2S. The van der Waals surface area contributed by atoms with Gasteiger partial charge in [-0.15, -0.1) is 0 Å². The Balaban J connectivity index is 1.94. The normalized spacial score (nSPS) is 12.3. The predicted octanol–water partition coefficient (Wildman–Crippen LogP) is 1.42. The largest absolute Gasteiger partial charge is 0.492 e. The lowest BCUT2D eigenvalue weighted by molar-refractivity contribution is 0.314. The molecule has 1 unspecified atom stereocenters. The SMILES string of the molecule is CS(=O)CCCNCCOc1ccccc1. The monoisotopic (exact) mass is 241 g/mol. The Kier molecular flexibility index (Phi) is 6.85. The van der Waals surface area contributed by atoms with E-state index in [-0.39, 0.29) is 0 Å². The Morgan fingerprint density at radius 1 is 1.25 bits per heavy atom. The quantitative estimate of drug-likeness (QED) is 0.700. The Hall–Kier alpha value is -0.870. The fourth-order valence-corrected chi connectivity index (χ4v) is 1.83. The summed E-state index contributed by atoms with van der Waals surface area (Å²) in [6, 6.07) is 9.77. The Morgan fingerprint density at radius 2 is 2.00 bits per heavy atom. The van der Waals surface area contributed by atoms with E-state index >= 15 is 0 Å². The van der Waals surface area contributed by atoms with Crippen LogP contribution in [-0.2, 0) is 10.8 Å². The van der Waals surface area contributed by atoms with Gasteiger partial charge in [-0.1, -0.05) is 18.2 Å². The number of rotatable bonds is 8. The van der Waals surface area contributed by atoms with Gasteiger partial charge in [0.25, 0.3) is 0 Å². The van der Waals surface area contributed by atoms with Crippen LogP contribution in [0.4, 0.5) is 0 Å². The zero-order chi connectivity index (χ0) is 11.6. The fourth-order valence-electron chi connectivity index (χ4n) is 1.28. The number of hydrogen-bond donors (Lipinski definition) is 1. The molecule has 0 radical (unpaired) electrons. The first kappa shape index (κ1) is 13.2. The van der Waals surface area contributed by atoms with Gasteiger partial charge in [0.05, 0.1) is 0 Å². The van der Waals surface area contributed by atoms with E-state index in [4.69, 9.17) is 4.74 Å². The number of benzene rings is 1. The molecule has 3 nitrogen and oxygen atoms in total. The van der Waals surface area contributed by atoms with E-state index in [9.17, 15) is 4.21 Å². The average Bonchev–Trinajstić information content (AvgIpc) is 2.29. The van der Waals surface area contributed by atoms with E-state index in [1.807, 2.05) is 30.3 Å². The third kappa shape index (κ3) is 6.58. The molecule has 0 aliphatic rings. The summed E-state index contributed by atoms with van der Waals surface area (Å²) in [5.41, 5.74) is 0. The minimum Gasteiger partial charge on any atom is -0.492 e. The summed E-state index contributed by atoms with van der Waals surface area (Å²) >= 11 is 0. The maximum atomic E-state index is 10.8. The van der Waals surface area contributed by atoms with Gasteiger partial charge in [0.2, 0.25) is 0 Å². The molecular weight excluding hydrogens is 222 g/mol. The summed E-state index contributed by atoms with van der Waals surface area (Å²) in [6.45, 7) is 2.39. The van der Waals surface area contributed by atoms with Crippen LogP contribution in [0.5, 0.6) is 5.75 Å². The lowest BCUT2D eigenvalue weighted by Crippen LogP contribution is -2.23. The Morgan fingerprint density at radius 3 is 2.69 bits per heavy atom. The van der Waals surface area contributed by atoms with Crippen LogP contribution in [0.3, 0.4) is 0 Å². The van der Waals surface area contributed by atoms with Crippen molar-refractivity contribution in [3.05, 3.63) is 30.3 Å². The highest BCUT2D eigenvalue weighted by Gasteiger charge is 1.93. The van der Waals surface area contributed by atoms with Crippen LogP contribution >= 0.6 is 0 Å². The molecule has 0 bridgehead atoms. The van der Waals surface area contributed by atoms with Crippen molar-refractivity contribution in [2.45, 2.75) is 6.42 Å². The number of ether oxygens (including phenoxy) is 1. The second-order valence-corrected chi connectivity index (χ2v) is 5.10. The van der Waals surface area contributed by atoms with Gasteiger partial charge in [-0.2, -0.15) is 0 Å². The smallest absolute Gasteiger partial charge is 0.119 e.